The highest BCUT2D eigenvalue weighted by Crippen LogP contribution is 2.45. The second kappa shape index (κ2) is 12.1. The van der Waals surface area contributed by atoms with Gasteiger partial charge >= 0.3 is 0 Å². The third-order valence-electron chi connectivity index (χ3n) is 8.13. The Morgan fingerprint density at radius 1 is 1.00 bits per heavy atom. The number of thiocarbonyl (C=S) groups is 1. The number of benzene rings is 2. The Balaban J connectivity index is 1.44. The molecule has 0 amide bonds. The predicted molar refractivity (Wildman–Crippen MR) is 178 cm³/mol. The number of rotatable bonds is 8. The molecule has 230 valence electrons. The highest BCUT2D eigenvalue weighted by atomic mass is 32.2. The third kappa shape index (κ3) is 5.84. The van der Waals surface area contributed by atoms with Crippen LogP contribution in [0.2, 0.25) is 0 Å². The van der Waals surface area contributed by atoms with E-state index in [-0.39, 0.29) is 12.1 Å². The first-order valence-electron chi connectivity index (χ1n) is 14.4. The van der Waals surface area contributed by atoms with Crippen molar-refractivity contribution in [2.24, 2.45) is 0 Å². The summed E-state index contributed by atoms with van der Waals surface area (Å²) in [6.45, 7) is 7.49. The molecule has 0 bridgehead atoms. The molecule has 44 heavy (non-hydrogen) atoms. The average molecular weight is 633 g/mol. The van der Waals surface area contributed by atoms with Gasteiger partial charge in [-0.25, -0.2) is 8.42 Å². The van der Waals surface area contributed by atoms with Crippen molar-refractivity contribution in [2.45, 2.75) is 25.9 Å². The first-order valence-corrected chi connectivity index (χ1v) is 16.7. The molecule has 0 aliphatic carbocycles. The Labute approximate surface area is 263 Å². The maximum absolute atomic E-state index is 12.2. The van der Waals surface area contributed by atoms with Gasteiger partial charge < -0.3 is 29.2 Å². The fraction of sp³-hybridized carbons (Fsp3) is 0.312. The molecule has 6 rings (SSSR count). The SMILES string of the molecule is COc1ccc(N2C(=S)N[C@@H](c3ccccn3)[C@H]2c2cc(C)n(-c3ccc(N4CCOCC4)cc3)c2C)cc1NS(C)(=O)=O. The number of aryl methyl sites for hydroxylation is 1. The molecule has 0 saturated carbocycles. The number of nitrogens with one attached hydrogen (secondary N) is 2. The Morgan fingerprint density at radius 2 is 1.70 bits per heavy atom. The topological polar surface area (TPSA) is 101 Å². The Morgan fingerprint density at radius 3 is 2.36 bits per heavy atom. The minimum absolute atomic E-state index is 0.255. The van der Waals surface area contributed by atoms with Gasteiger partial charge in [0.05, 0.1) is 50.0 Å². The van der Waals surface area contributed by atoms with Crippen LogP contribution in [-0.4, -0.2) is 62.8 Å². The molecule has 4 aromatic rings. The number of methoxy groups -OCH3 is 1. The summed E-state index contributed by atoms with van der Waals surface area (Å²) in [4.78, 5) is 9.06. The predicted octanol–water partition coefficient (Wildman–Crippen LogP) is 4.88. The van der Waals surface area contributed by atoms with Crippen molar-refractivity contribution in [3.05, 3.63) is 95.6 Å². The monoisotopic (exact) mass is 632 g/mol. The molecule has 4 heterocycles. The van der Waals surface area contributed by atoms with Crippen molar-refractivity contribution >= 4 is 44.4 Å². The quantitative estimate of drug-likeness (QED) is 0.263. The molecule has 12 heteroatoms. The van der Waals surface area contributed by atoms with Gasteiger partial charge in [-0.1, -0.05) is 6.07 Å². The van der Waals surface area contributed by atoms with Crippen LogP contribution in [-0.2, 0) is 14.8 Å². The molecule has 2 N–H and O–H groups in total. The van der Waals surface area contributed by atoms with Gasteiger partial charge in [0.15, 0.2) is 5.11 Å². The van der Waals surface area contributed by atoms with Gasteiger partial charge in [0.2, 0.25) is 10.0 Å². The van der Waals surface area contributed by atoms with Crippen LogP contribution in [0.3, 0.4) is 0 Å². The fourth-order valence-corrected chi connectivity index (χ4v) is 7.10. The molecular formula is C32H36N6O4S2. The summed E-state index contributed by atoms with van der Waals surface area (Å²) in [7, 11) is -2.05. The molecular weight excluding hydrogens is 597 g/mol. The zero-order chi connectivity index (χ0) is 31.0. The first-order chi connectivity index (χ1) is 21.1. The normalized spacial score (nSPS) is 18.8. The summed E-state index contributed by atoms with van der Waals surface area (Å²) < 4.78 is 40.2. The molecule has 2 aromatic heterocycles. The van der Waals surface area contributed by atoms with Crippen LogP contribution in [0.25, 0.3) is 5.69 Å². The number of pyridine rings is 1. The number of anilines is 3. The lowest BCUT2D eigenvalue weighted by molar-refractivity contribution is 0.122. The van der Waals surface area contributed by atoms with E-state index in [9.17, 15) is 8.42 Å². The maximum atomic E-state index is 12.2. The molecule has 2 aliphatic rings. The summed E-state index contributed by atoms with van der Waals surface area (Å²) in [5, 5.41) is 4.02. The van der Waals surface area contributed by atoms with Crippen molar-refractivity contribution in [1.82, 2.24) is 14.9 Å². The van der Waals surface area contributed by atoms with E-state index in [1.165, 1.54) is 12.8 Å². The van der Waals surface area contributed by atoms with E-state index in [0.717, 1.165) is 66.6 Å². The van der Waals surface area contributed by atoms with Gasteiger partial charge in [-0.3, -0.25) is 9.71 Å². The second-order valence-corrected chi connectivity index (χ2v) is 13.2. The smallest absolute Gasteiger partial charge is 0.229 e. The zero-order valence-corrected chi connectivity index (χ0v) is 26.8. The molecule has 2 aromatic carbocycles. The molecule has 2 atom stereocenters. The van der Waals surface area contributed by atoms with Crippen LogP contribution < -0.4 is 24.6 Å². The highest BCUT2D eigenvalue weighted by molar-refractivity contribution is 7.92. The van der Waals surface area contributed by atoms with Crippen molar-refractivity contribution in [3.63, 3.8) is 0 Å². The van der Waals surface area contributed by atoms with Crippen LogP contribution in [0.5, 0.6) is 5.75 Å². The maximum Gasteiger partial charge on any atom is 0.229 e. The number of ether oxygens (including phenoxy) is 2. The van der Waals surface area contributed by atoms with Crippen LogP contribution in [0.4, 0.5) is 17.1 Å². The standard InChI is InChI=1S/C32H36N6O4S2/c1-21-19-26(22(2)37(21)24-10-8-23(9-11-24)36-15-17-42-18-16-36)31-30(27-7-5-6-14-33-27)34-32(43)38(31)25-12-13-29(41-3)28(20-25)35-44(4,39)40/h5-14,19-20,30-31,35H,15-18H2,1-4H3,(H,34,43)/t30-,31+/m0/s1. The summed E-state index contributed by atoms with van der Waals surface area (Å²) in [6, 6.07) is 21.6. The molecule has 2 fully saturated rings. The third-order valence-corrected chi connectivity index (χ3v) is 9.03. The average Bonchev–Trinajstić information content (AvgIpc) is 3.51. The lowest BCUT2D eigenvalue weighted by Crippen LogP contribution is -2.36. The number of nitrogens with zero attached hydrogens (tertiary/aromatic N) is 4. The van der Waals surface area contributed by atoms with Gasteiger partial charge in [-0.2, -0.15) is 0 Å². The van der Waals surface area contributed by atoms with E-state index >= 15 is 0 Å². The molecule has 2 aliphatic heterocycles. The fourth-order valence-electron chi connectivity index (χ4n) is 6.19. The molecule has 10 nitrogen and oxygen atoms in total. The Hall–Kier alpha value is -4.13. The van der Waals surface area contributed by atoms with Crippen LogP contribution in [0.1, 0.15) is 34.7 Å². The van der Waals surface area contributed by atoms with E-state index in [4.69, 9.17) is 21.7 Å². The van der Waals surface area contributed by atoms with Gasteiger partial charge in [0.1, 0.15) is 5.75 Å². The van der Waals surface area contributed by atoms with Crippen molar-refractivity contribution in [2.75, 3.05) is 54.2 Å². The van der Waals surface area contributed by atoms with Crippen molar-refractivity contribution in [3.8, 4) is 11.4 Å². The number of hydrogen-bond donors (Lipinski definition) is 2. The van der Waals surface area contributed by atoms with Gasteiger partial charge in [0, 0.05) is 47.7 Å². The summed E-state index contributed by atoms with van der Waals surface area (Å²) >= 11 is 5.94. The largest absolute Gasteiger partial charge is 0.495 e. The van der Waals surface area contributed by atoms with E-state index in [1.807, 2.05) is 29.2 Å². The molecule has 0 unspecified atom stereocenters. The summed E-state index contributed by atoms with van der Waals surface area (Å²) in [6.07, 6.45) is 2.89. The zero-order valence-electron chi connectivity index (χ0n) is 25.1. The molecule has 2 saturated heterocycles. The van der Waals surface area contributed by atoms with E-state index in [1.54, 1.807) is 18.3 Å². The summed E-state index contributed by atoms with van der Waals surface area (Å²) in [5.74, 6) is 0.411. The van der Waals surface area contributed by atoms with E-state index < -0.39 is 10.0 Å². The van der Waals surface area contributed by atoms with Crippen molar-refractivity contribution < 1.29 is 17.9 Å². The Kier molecular flexibility index (Phi) is 8.23. The van der Waals surface area contributed by atoms with Crippen LogP contribution in [0.15, 0.2) is 72.9 Å². The van der Waals surface area contributed by atoms with E-state index in [0.29, 0.717) is 16.5 Å². The lowest BCUT2D eigenvalue weighted by Gasteiger charge is -2.29. The lowest BCUT2D eigenvalue weighted by atomic mass is 9.96. The van der Waals surface area contributed by atoms with Gasteiger partial charge in [-0.15, -0.1) is 0 Å². The molecule has 0 spiro atoms. The minimum atomic E-state index is -3.55. The van der Waals surface area contributed by atoms with Crippen LogP contribution >= 0.6 is 12.2 Å². The van der Waals surface area contributed by atoms with Crippen LogP contribution in [0, 0.1) is 13.8 Å². The minimum Gasteiger partial charge on any atom is -0.495 e. The highest BCUT2D eigenvalue weighted by Gasteiger charge is 2.42. The summed E-state index contributed by atoms with van der Waals surface area (Å²) in [5.41, 5.74) is 7.40. The first kappa shape index (κ1) is 29.9. The van der Waals surface area contributed by atoms with Gasteiger partial charge in [-0.05, 0) is 92.3 Å². The molecule has 0 radical (unpaired) electrons. The number of morpholine rings is 1. The number of aromatic nitrogens is 2. The van der Waals surface area contributed by atoms with Crippen molar-refractivity contribution in [1.29, 1.82) is 0 Å². The second-order valence-electron chi connectivity index (χ2n) is 11.0. The van der Waals surface area contributed by atoms with E-state index in [2.05, 4.69) is 68.7 Å². The van der Waals surface area contributed by atoms with Gasteiger partial charge in [0.25, 0.3) is 0 Å². The number of hydrogen-bond acceptors (Lipinski definition) is 7. The number of sulfonamides is 1. The Bertz CT molecular complexity index is 1770.